The molecular formula is C31H64O9. The second-order valence-electron chi connectivity index (χ2n) is 9.69. The van der Waals surface area contributed by atoms with Crippen LogP contribution in [0.1, 0.15) is 84.5 Å². The summed E-state index contributed by atoms with van der Waals surface area (Å²) in [5.74, 6) is 0. The Hall–Kier alpha value is -0.360. The standard InChI is InChI=1S/C31H64O9/c1-3-5-7-9-11-13-15-33-17-19-35-21-23-37-25-27-39-29-31-40-30-28-38-26-24-36-22-20-34-18-16-32-14-12-10-8-6-4-2/h3-31H2,1-2H3. The summed E-state index contributed by atoms with van der Waals surface area (Å²) in [5.41, 5.74) is 0. The van der Waals surface area contributed by atoms with Crippen molar-refractivity contribution in [2.24, 2.45) is 0 Å². The molecule has 40 heavy (non-hydrogen) atoms. The van der Waals surface area contributed by atoms with Crippen LogP contribution in [0.3, 0.4) is 0 Å². The molecule has 0 N–H and O–H groups in total. The number of hydrogen-bond acceptors (Lipinski definition) is 9. The van der Waals surface area contributed by atoms with Gasteiger partial charge in [-0.05, 0) is 12.8 Å². The third-order valence-electron chi connectivity index (χ3n) is 6.01. The summed E-state index contributed by atoms with van der Waals surface area (Å²) in [5, 5.41) is 0. The highest BCUT2D eigenvalue weighted by molar-refractivity contribution is 4.44. The lowest BCUT2D eigenvalue weighted by molar-refractivity contribution is -0.0250. The van der Waals surface area contributed by atoms with Crippen LogP contribution in [0.5, 0.6) is 0 Å². The molecule has 0 heterocycles. The Balaban J connectivity index is 3.01. The van der Waals surface area contributed by atoms with Crippen LogP contribution in [0.4, 0.5) is 0 Å². The smallest absolute Gasteiger partial charge is 0.0701 e. The van der Waals surface area contributed by atoms with E-state index in [2.05, 4.69) is 13.8 Å². The summed E-state index contributed by atoms with van der Waals surface area (Å²) >= 11 is 0. The fourth-order valence-corrected chi connectivity index (χ4v) is 3.65. The van der Waals surface area contributed by atoms with Crippen molar-refractivity contribution in [2.75, 3.05) is 119 Å². The largest absolute Gasteiger partial charge is 0.379 e. The highest BCUT2D eigenvalue weighted by Gasteiger charge is 1.96. The fourth-order valence-electron chi connectivity index (χ4n) is 3.65. The molecule has 242 valence electrons. The third-order valence-corrected chi connectivity index (χ3v) is 6.01. The van der Waals surface area contributed by atoms with E-state index < -0.39 is 0 Å². The molecule has 0 spiro atoms. The second-order valence-corrected chi connectivity index (χ2v) is 9.69. The minimum atomic E-state index is 0.543. The highest BCUT2D eigenvalue weighted by atomic mass is 16.6. The monoisotopic (exact) mass is 580 g/mol. The van der Waals surface area contributed by atoms with Gasteiger partial charge in [0.05, 0.1) is 106 Å². The van der Waals surface area contributed by atoms with E-state index in [4.69, 9.17) is 42.6 Å². The summed E-state index contributed by atoms with van der Waals surface area (Å²) in [6.45, 7) is 15.4. The van der Waals surface area contributed by atoms with Gasteiger partial charge in [-0.2, -0.15) is 0 Å². The zero-order valence-corrected chi connectivity index (χ0v) is 26.2. The van der Waals surface area contributed by atoms with Gasteiger partial charge < -0.3 is 42.6 Å². The molecule has 0 aromatic heterocycles. The normalized spacial score (nSPS) is 11.6. The van der Waals surface area contributed by atoms with Crippen molar-refractivity contribution in [1.29, 1.82) is 0 Å². The first-order valence-corrected chi connectivity index (χ1v) is 16.1. The predicted molar refractivity (Wildman–Crippen MR) is 160 cm³/mol. The van der Waals surface area contributed by atoms with E-state index in [0.717, 1.165) is 26.1 Å². The first-order chi connectivity index (χ1) is 19.9. The number of hydrogen-bond donors (Lipinski definition) is 0. The van der Waals surface area contributed by atoms with Gasteiger partial charge in [0.25, 0.3) is 0 Å². The first-order valence-electron chi connectivity index (χ1n) is 16.1. The van der Waals surface area contributed by atoms with Crippen molar-refractivity contribution >= 4 is 0 Å². The van der Waals surface area contributed by atoms with Gasteiger partial charge in [-0.25, -0.2) is 0 Å². The molecule has 0 fully saturated rings. The molecule has 0 amide bonds. The van der Waals surface area contributed by atoms with E-state index in [1.54, 1.807) is 0 Å². The SMILES string of the molecule is CCCCCCCCOCCOCCOCCOCCOCCOCCOCCOCCOCCCCCCC. The van der Waals surface area contributed by atoms with Crippen molar-refractivity contribution in [2.45, 2.75) is 84.5 Å². The summed E-state index contributed by atoms with van der Waals surface area (Å²) in [6, 6.07) is 0. The second kappa shape index (κ2) is 38.6. The van der Waals surface area contributed by atoms with E-state index in [9.17, 15) is 0 Å². The maximum atomic E-state index is 5.58. The Labute approximate surface area is 246 Å². The van der Waals surface area contributed by atoms with E-state index in [1.807, 2.05) is 0 Å². The molecule has 0 radical (unpaired) electrons. The molecule has 0 aliphatic heterocycles. The molecule has 0 saturated heterocycles. The van der Waals surface area contributed by atoms with Crippen LogP contribution in [-0.2, 0) is 42.6 Å². The van der Waals surface area contributed by atoms with Crippen molar-refractivity contribution in [3.8, 4) is 0 Å². The average Bonchev–Trinajstić information content (AvgIpc) is 2.97. The Morgan fingerprint density at radius 3 is 0.600 bits per heavy atom. The zero-order valence-electron chi connectivity index (χ0n) is 26.2. The number of ether oxygens (including phenoxy) is 9. The maximum absolute atomic E-state index is 5.58. The van der Waals surface area contributed by atoms with Gasteiger partial charge in [0.15, 0.2) is 0 Å². The maximum Gasteiger partial charge on any atom is 0.0701 e. The molecule has 0 rings (SSSR count). The van der Waals surface area contributed by atoms with Gasteiger partial charge in [0, 0.05) is 13.2 Å². The first kappa shape index (κ1) is 39.6. The van der Waals surface area contributed by atoms with Gasteiger partial charge >= 0.3 is 0 Å². The van der Waals surface area contributed by atoms with E-state index >= 15 is 0 Å². The van der Waals surface area contributed by atoms with E-state index in [-0.39, 0.29) is 0 Å². The summed E-state index contributed by atoms with van der Waals surface area (Å²) in [4.78, 5) is 0. The van der Waals surface area contributed by atoms with Crippen LogP contribution in [0.25, 0.3) is 0 Å². The third kappa shape index (κ3) is 37.6. The molecular weight excluding hydrogens is 516 g/mol. The minimum Gasteiger partial charge on any atom is -0.379 e. The molecule has 0 aromatic carbocycles. The van der Waals surface area contributed by atoms with Gasteiger partial charge in [0.2, 0.25) is 0 Å². The average molecular weight is 581 g/mol. The summed E-state index contributed by atoms with van der Waals surface area (Å²) < 4.78 is 49.6. The molecule has 0 aromatic rings. The van der Waals surface area contributed by atoms with Crippen molar-refractivity contribution in [3.63, 3.8) is 0 Å². The van der Waals surface area contributed by atoms with Crippen molar-refractivity contribution in [3.05, 3.63) is 0 Å². The molecule has 0 atom stereocenters. The van der Waals surface area contributed by atoms with Crippen LogP contribution in [0, 0.1) is 0 Å². The molecule has 0 bridgehead atoms. The number of unbranched alkanes of at least 4 members (excludes halogenated alkanes) is 9. The fraction of sp³-hybridized carbons (Fsp3) is 1.00. The molecule has 9 nitrogen and oxygen atoms in total. The Morgan fingerprint density at radius 2 is 0.375 bits per heavy atom. The molecule has 0 saturated carbocycles. The van der Waals surface area contributed by atoms with E-state index in [0.29, 0.717) is 106 Å². The van der Waals surface area contributed by atoms with Gasteiger partial charge in [0.1, 0.15) is 0 Å². The topological polar surface area (TPSA) is 83.1 Å². The van der Waals surface area contributed by atoms with Gasteiger partial charge in [-0.3, -0.25) is 0 Å². The number of rotatable bonds is 37. The van der Waals surface area contributed by atoms with Gasteiger partial charge in [-0.15, -0.1) is 0 Å². The van der Waals surface area contributed by atoms with Crippen molar-refractivity contribution in [1.82, 2.24) is 0 Å². The highest BCUT2D eigenvalue weighted by Crippen LogP contribution is 2.05. The molecule has 0 unspecified atom stereocenters. The Kier molecular flexibility index (Phi) is 38.3. The van der Waals surface area contributed by atoms with Crippen LogP contribution < -0.4 is 0 Å². The zero-order chi connectivity index (χ0) is 28.9. The van der Waals surface area contributed by atoms with Crippen LogP contribution in [0.15, 0.2) is 0 Å². The molecule has 0 aliphatic rings. The van der Waals surface area contributed by atoms with Crippen LogP contribution in [-0.4, -0.2) is 119 Å². The summed E-state index contributed by atoms with van der Waals surface area (Å²) in [6.07, 6.45) is 14.0. The molecule has 9 heteroatoms. The Bertz CT molecular complexity index is 392. The lowest BCUT2D eigenvalue weighted by atomic mass is 10.1. The quantitative estimate of drug-likeness (QED) is 0.0889. The van der Waals surface area contributed by atoms with E-state index in [1.165, 1.54) is 57.8 Å². The minimum absolute atomic E-state index is 0.543. The predicted octanol–water partition coefficient (Wildman–Crippen LogP) is 5.47. The van der Waals surface area contributed by atoms with Gasteiger partial charge in [-0.1, -0.05) is 71.6 Å². The van der Waals surface area contributed by atoms with Crippen LogP contribution in [0.2, 0.25) is 0 Å². The van der Waals surface area contributed by atoms with Crippen LogP contribution >= 0.6 is 0 Å². The molecule has 0 aliphatic carbocycles. The summed E-state index contributed by atoms with van der Waals surface area (Å²) in [7, 11) is 0. The lowest BCUT2D eigenvalue weighted by Gasteiger charge is -2.09. The Morgan fingerprint density at radius 1 is 0.200 bits per heavy atom. The van der Waals surface area contributed by atoms with Crippen molar-refractivity contribution < 1.29 is 42.6 Å². The lowest BCUT2D eigenvalue weighted by Crippen LogP contribution is -2.15.